The predicted molar refractivity (Wildman–Crippen MR) is 70.0 cm³/mol. The summed E-state index contributed by atoms with van der Waals surface area (Å²) in [6.07, 6.45) is 2.95. The molecule has 0 saturated heterocycles. The Morgan fingerprint density at radius 2 is 1.88 bits per heavy atom. The average molecular weight is 249 g/mol. The van der Waals surface area contributed by atoms with Crippen molar-refractivity contribution in [3.05, 3.63) is 51.7 Å². The normalized spacial score (nSPS) is 11.8. The highest BCUT2D eigenvalue weighted by Crippen LogP contribution is 2.34. The molecule has 0 unspecified atom stereocenters. The minimum absolute atomic E-state index is 0.161. The van der Waals surface area contributed by atoms with Gasteiger partial charge in [-0.3, -0.25) is 0 Å². The largest absolute Gasteiger partial charge is 0.248 e. The summed E-state index contributed by atoms with van der Waals surface area (Å²) in [7, 11) is 0. The molecule has 1 aromatic heterocycles. The molecule has 2 rings (SSSR count). The molecule has 0 amide bonds. The summed E-state index contributed by atoms with van der Waals surface area (Å²) >= 11 is 1.73. The first-order chi connectivity index (χ1) is 8.04. The van der Waals surface area contributed by atoms with Crippen molar-refractivity contribution in [1.82, 2.24) is 4.98 Å². The molecule has 2 aromatic rings. The molecule has 0 aliphatic heterocycles. The van der Waals surface area contributed by atoms with Gasteiger partial charge in [0.05, 0.1) is 0 Å². The number of rotatable bonds is 3. The Morgan fingerprint density at radius 3 is 2.41 bits per heavy atom. The van der Waals surface area contributed by atoms with Gasteiger partial charge in [-0.2, -0.15) is 0 Å². The Bertz CT molecular complexity index is 499. The second-order valence-electron chi connectivity index (χ2n) is 4.62. The van der Waals surface area contributed by atoms with Gasteiger partial charge in [-0.15, -0.1) is 11.3 Å². The van der Waals surface area contributed by atoms with Gasteiger partial charge >= 0.3 is 0 Å². The molecule has 1 aromatic carbocycles. The number of aromatic nitrogens is 1. The molecular weight excluding hydrogens is 233 g/mol. The fourth-order valence-corrected chi connectivity index (χ4v) is 2.73. The number of halogens is 1. The fourth-order valence-electron chi connectivity index (χ4n) is 1.75. The molecule has 0 aliphatic carbocycles. The van der Waals surface area contributed by atoms with Gasteiger partial charge in [0.25, 0.3) is 0 Å². The SMILES string of the molecule is CCc1cnc(C(C)(C)c2ccc(F)cc2)s1. The molecule has 0 aliphatic rings. The third-order valence-electron chi connectivity index (χ3n) is 3.00. The lowest BCUT2D eigenvalue weighted by atomic mass is 9.85. The van der Waals surface area contributed by atoms with E-state index in [1.807, 2.05) is 18.3 Å². The van der Waals surface area contributed by atoms with Crippen LogP contribution >= 0.6 is 11.3 Å². The number of hydrogen-bond acceptors (Lipinski definition) is 2. The summed E-state index contributed by atoms with van der Waals surface area (Å²) < 4.78 is 12.9. The van der Waals surface area contributed by atoms with Gasteiger partial charge in [-0.05, 0) is 38.0 Å². The minimum atomic E-state index is -0.196. The molecule has 0 N–H and O–H groups in total. The van der Waals surface area contributed by atoms with Crippen LogP contribution in [0.25, 0.3) is 0 Å². The second kappa shape index (κ2) is 4.57. The van der Waals surface area contributed by atoms with Crippen molar-refractivity contribution in [2.45, 2.75) is 32.6 Å². The molecule has 1 heterocycles. The van der Waals surface area contributed by atoms with Crippen molar-refractivity contribution < 1.29 is 4.39 Å². The number of thiazole rings is 1. The Hall–Kier alpha value is -1.22. The van der Waals surface area contributed by atoms with Crippen molar-refractivity contribution in [3.63, 3.8) is 0 Å². The monoisotopic (exact) mass is 249 g/mol. The number of nitrogens with zero attached hydrogens (tertiary/aromatic N) is 1. The smallest absolute Gasteiger partial charge is 0.123 e. The van der Waals surface area contributed by atoms with Crippen molar-refractivity contribution >= 4 is 11.3 Å². The van der Waals surface area contributed by atoms with Crippen LogP contribution in [0, 0.1) is 5.82 Å². The lowest BCUT2D eigenvalue weighted by Gasteiger charge is -2.22. The van der Waals surface area contributed by atoms with Gasteiger partial charge in [0.1, 0.15) is 10.8 Å². The van der Waals surface area contributed by atoms with Gasteiger partial charge in [0.2, 0.25) is 0 Å². The zero-order valence-electron chi connectivity index (χ0n) is 10.3. The summed E-state index contributed by atoms with van der Waals surface area (Å²) in [6, 6.07) is 6.68. The molecule has 0 radical (unpaired) electrons. The first-order valence-corrected chi connectivity index (χ1v) is 6.57. The Labute approximate surface area is 105 Å². The second-order valence-corrected chi connectivity index (χ2v) is 5.73. The molecule has 0 spiro atoms. The topological polar surface area (TPSA) is 12.9 Å². The van der Waals surface area contributed by atoms with Crippen LogP contribution < -0.4 is 0 Å². The van der Waals surface area contributed by atoms with E-state index in [2.05, 4.69) is 25.8 Å². The van der Waals surface area contributed by atoms with Crippen molar-refractivity contribution in [2.75, 3.05) is 0 Å². The molecule has 0 fully saturated rings. The summed E-state index contributed by atoms with van der Waals surface area (Å²) in [5, 5.41) is 1.08. The summed E-state index contributed by atoms with van der Waals surface area (Å²) in [5.74, 6) is -0.196. The van der Waals surface area contributed by atoms with Crippen molar-refractivity contribution in [1.29, 1.82) is 0 Å². The van der Waals surface area contributed by atoms with E-state index in [1.54, 1.807) is 11.3 Å². The molecule has 0 bridgehead atoms. The highest BCUT2D eigenvalue weighted by Gasteiger charge is 2.26. The third-order valence-corrected chi connectivity index (χ3v) is 4.47. The molecule has 0 atom stereocenters. The van der Waals surface area contributed by atoms with E-state index in [0.717, 1.165) is 17.0 Å². The minimum Gasteiger partial charge on any atom is -0.248 e. The lowest BCUT2D eigenvalue weighted by Crippen LogP contribution is -2.18. The van der Waals surface area contributed by atoms with E-state index in [-0.39, 0.29) is 11.2 Å². The van der Waals surface area contributed by atoms with Crippen LogP contribution in [0.4, 0.5) is 4.39 Å². The molecular formula is C14H16FNS. The number of aryl methyl sites for hydroxylation is 1. The van der Waals surface area contributed by atoms with Gasteiger partial charge < -0.3 is 0 Å². The average Bonchev–Trinajstić information content (AvgIpc) is 2.78. The maximum Gasteiger partial charge on any atom is 0.123 e. The Kier molecular flexibility index (Phi) is 3.29. The van der Waals surface area contributed by atoms with E-state index in [1.165, 1.54) is 17.0 Å². The van der Waals surface area contributed by atoms with Crippen molar-refractivity contribution in [2.24, 2.45) is 0 Å². The Balaban J connectivity index is 2.37. The Morgan fingerprint density at radius 1 is 1.24 bits per heavy atom. The maximum absolute atomic E-state index is 12.9. The van der Waals surface area contributed by atoms with Crippen LogP contribution in [-0.2, 0) is 11.8 Å². The van der Waals surface area contributed by atoms with E-state index in [9.17, 15) is 4.39 Å². The van der Waals surface area contributed by atoms with Gasteiger partial charge in [0, 0.05) is 16.5 Å². The van der Waals surface area contributed by atoms with Crippen LogP contribution in [0.2, 0.25) is 0 Å². The first kappa shape index (κ1) is 12.2. The first-order valence-electron chi connectivity index (χ1n) is 5.75. The molecule has 3 heteroatoms. The van der Waals surface area contributed by atoms with Gasteiger partial charge in [-0.1, -0.05) is 19.1 Å². The number of hydrogen-bond donors (Lipinski definition) is 0. The number of benzene rings is 1. The van der Waals surface area contributed by atoms with Crippen LogP contribution in [0.1, 0.15) is 36.2 Å². The lowest BCUT2D eigenvalue weighted by molar-refractivity contribution is 0.612. The summed E-state index contributed by atoms with van der Waals surface area (Å²) in [6.45, 7) is 6.37. The van der Waals surface area contributed by atoms with Crippen LogP contribution in [0.5, 0.6) is 0 Å². The predicted octanol–water partition coefficient (Wildman–Crippen LogP) is 4.17. The highest BCUT2D eigenvalue weighted by atomic mass is 32.1. The summed E-state index contributed by atoms with van der Waals surface area (Å²) in [5.41, 5.74) is 0.933. The van der Waals surface area contributed by atoms with Gasteiger partial charge in [0.15, 0.2) is 0 Å². The van der Waals surface area contributed by atoms with E-state index >= 15 is 0 Å². The van der Waals surface area contributed by atoms with Crippen molar-refractivity contribution in [3.8, 4) is 0 Å². The van der Waals surface area contributed by atoms with E-state index < -0.39 is 0 Å². The standard InChI is InChI=1S/C14H16FNS/c1-4-12-9-16-13(17-12)14(2,3)10-5-7-11(15)8-6-10/h5-9H,4H2,1-3H3. The molecule has 0 saturated carbocycles. The van der Waals surface area contributed by atoms with Crippen LogP contribution in [-0.4, -0.2) is 4.98 Å². The zero-order chi connectivity index (χ0) is 12.5. The zero-order valence-corrected chi connectivity index (χ0v) is 11.1. The van der Waals surface area contributed by atoms with E-state index in [0.29, 0.717) is 0 Å². The van der Waals surface area contributed by atoms with Crippen LogP contribution in [0.3, 0.4) is 0 Å². The molecule has 17 heavy (non-hydrogen) atoms. The third kappa shape index (κ3) is 2.39. The van der Waals surface area contributed by atoms with E-state index in [4.69, 9.17) is 0 Å². The molecule has 90 valence electrons. The highest BCUT2D eigenvalue weighted by molar-refractivity contribution is 7.11. The fraction of sp³-hybridized carbons (Fsp3) is 0.357. The molecule has 1 nitrogen and oxygen atoms in total. The summed E-state index contributed by atoms with van der Waals surface area (Å²) in [4.78, 5) is 5.77. The van der Waals surface area contributed by atoms with Gasteiger partial charge in [-0.25, -0.2) is 9.37 Å². The van der Waals surface area contributed by atoms with Crippen LogP contribution in [0.15, 0.2) is 30.5 Å². The quantitative estimate of drug-likeness (QED) is 0.795. The maximum atomic E-state index is 12.9.